The first-order chi connectivity index (χ1) is 11.7. The van der Waals surface area contributed by atoms with Crippen molar-refractivity contribution in [1.82, 2.24) is 29.9 Å². The molecule has 4 rings (SSSR count). The zero-order valence-corrected chi connectivity index (χ0v) is 13.6. The molecule has 0 radical (unpaired) electrons. The Bertz CT molecular complexity index is 867. The van der Waals surface area contributed by atoms with Crippen molar-refractivity contribution in [1.29, 1.82) is 0 Å². The van der Waals surface area contributed by atoms with Gasteiger partial charge in [0.15, 0.2) is 0 Å². The fourth-order valence-corrected chi connectivity index (χ4v) is 3.38. The summed E-state index contributed by atoms with van der Waals surface area (Å²) >= 11 is 0. The maximum Gasteiger partial charge on any atom is 0.225 e. The van der Waals surface area contributed by atoms with E-state index in [-0.39, 0.29) is 11.9 Å². The Morgan fingerprint density at radius 3 is 3.08 bits per heavy atom. The van der Waals surface area contributed by atoms with Gasteiger partial charge in [0.25, 0.3) is 0 Å². The van der Waals surface area contributed by atoms with Crippen LogP contribution in [-0.4, -0.2) is 42.3 Å². The molecule has 124 valence electrons. The number of nitrogens with one attached hydrogen (secondary N) is 1. The lowest BCUT2D eigenvalue weighted by molar-refractivity contribution is -0.132. The summed E-state index contributed by atoms with van der Waals surface area (Å²) in [5.41, 5.74) is 2.85. The number of aryl methyl sites for hydroxylation is 2. The molecule has 1 aliphatic rings. The zero-order chi connectivity index (χ0) is 16.5. The molecule has 0 aliphatic carbocycles. The molecule has 0 spiro atoms. The lowest BCUT2D eigenvalue weighted by Gasteiger charge is -2.23. The third-order valence-electron chi connectivity index (χ3n) is 4.57. The Morgan fingerprint density at radius 1 is 1.38 bits per heavy atom. The lowest BCUT2D eigenvalue weighted by Crippen LogP contribution is -2.31. The van der Waals surface area contributed by atoms with E-state index in [1.54, 1.807) is 4.68 Å². The maximum atomic E-state index is 12.7. The number of H-pyrrole nitrogens is 1. The van der Waals surface area contributed by atoms with Gasteiger partial charge in [-0.3, -0.25) is 4.79 Å². The Hall–Kier alpha value is -2.70. The molecule has 24 heavy (non-hydrogen) atoms. The molecule has 1 amide bonds. The van der Waals surface area contributed by atoms with Gasteiger partial charge >= 0.3 is 0 Å². The molecule has 0 bridgehead atoms. The van der Waals surface area contributed by atoms with Crippen molar-refractivity contribution >= 4 is 16.9 Å². The first kappa shape index (κ1) is 14.9. The summed E-state index contributed by atoms with van der Waals surface area (Å²) < 4.78 is 1.80. The van der Waals surface area contributed by atoms with Gasteiger partial charge in [0, 0.05) is 24.9 Å². The molecule has 7 heteroatoms. The van der Waals surface area contributed by atoms with E-state index in [0.717, 1.165) is 41.9 Å². The highest BCUT2D eigenvalue weighted by Crippen LogP contribution is 2.30. The van der Waals surface area contributed by atoms with Crippen LogP contribution in [0.25, 0.3) is 11.0 Å². The van der Waals surface area contributed by atoms with Gasteiger partial charge in [-0.15, -0.1) is 5.10 Å². The third-order valence-corrected chi connectivity index (χ3v) is 4.57. The quantitative estimate of drug-likeness (QED) is 0.798. The van der Waals surface area contributed by atoms with E-state index in [1.165, 1.54) is 0 Å². The van der Waals surface area contributed by atoms with Gasteiger partial charge in [-0.25, -0.2) is 9.67 Å². The molecule has 2 aromatic heterocycles. The summed E-state index contributed by atoms with van der Waals surface area (Å²) in [4.78, 5) is 22.3. The Balaban J connectivity index is 1.45. The van der Waals surface area contributed by atoms with Gasteiger partial charge < -0.3 is 9.88 Å². The summed E-state index contributed by atoms with van der Waals surface area (Å²) in [7, 11) is 0. The fourth-order valence-electron chi connectivity index (χ4n) is 3.38. The highest BCUT2D eigenvalue weighted by Gasteiger charge is 2.31. The largest absolute Gasteiger partial charge is 0.344 e. The molecule has 1 aromatic carbocycles. The second kappa shape index (κ2) is 6.07. The van der Waals surface area contributed by atoms with Crippen LogP contribution >= 0.6 is 0 Å². The molecule has 1 saturated heterocycles. The van der Waals surface area contributed by atoms with E-state index < -0.39 is 0 Å². The number of carbonyl (C=O) groups is 1. The summed E-state index contributed by atoms with van der Waals surface area (Å²) in [5, 5.41) is 8.28. The summed E-state index contributed by atoms with van der Waals surface area (Å²) in [6, 6.07) is 7.87. The standard InChI is InChI=1S/C17H20N6O/c1-12-11-18-17(19-12)15-7-4-9-22(15)16(24)8-10-23-14-6-3-2-5-13(14)20-21-23/h2-3,5-6,11,15H,4,7-10H2,1H3,(H,18,19)/t15-/m0/s1. The van der Waals surface area contributed by atoms with Gasteiger partial charge in [0.2, 0.25) is 5.91 Å². The van der Waals surface area contributed by atoms with Gasteiger partial charge in [-0.1, -0.05) is 17.3 Å². The monoisotopic (exact) mass is 324 g/mol. The van der Waals surface area contributed by atoms with Crippen LogP contribution in [0.3, 0.4) is 0 Å². The van der Waals surface area contributed by atoms with Crippen molar-refractivity contribution in [2.75, 3.05) is 6.54 Å². The first-order valence-electron chi connectivity index (χ1n) is 8.31. The van der Waals surface area contributed by atoms with E-state index in [2.05, 4.69) is 20.3 Å². The molecule has 1 N–H and O–H groups in total. The van der Waals surface area contributed by atoms with E-state index in [0.29, 0.717) is 13.0 Å². The number of nitrogens with zero attached hydrogens (tertiary/aromatic N) is 5. The second-order valence-corrected chi connectivity index (χ2v) is 6.25. The Labute approximate surface area is 139 Å². The van der Waals surface area contributed by atoms with E-state index in [4.69, 9.17) is 0 Å². The number of hydrogen-bond acceptors (Lipinski definition) is 4. The van der Waals surface area contributed by atoms with Crippen LogP contribution in [0.1, 0.15) is 36.8 Å². The SMILES string of the molecule is Cc1cnc([C@@H]2CCCN2C(=O)CCn2nnc3ccccc32)[nH]1. The molecule has 3 aromatic rings. The maximum absolute atomic E-state index is 12.7. The summed E-state index contributed by atoms with van der Waals surface area (Å²) in [6.07, 6.45) is 4.22. The second-order valence-electron chi connectivity index (χ2n) is 6.25. The van der Waals surface area contributed by atoms with Gasteiger partial charge in [-0.2, -0.15) is 0 Å². The summed E-state index contributed by atoms with van der Waals surface area (Å²) in [5.74, 6) is 1.04. The molecule has 1 fully saturated rings. The molecule has 3 heterocycles. The normalized spacial score (nSPS) is 17.7. The minimum Gasteiger partial charge on any atom is -0.344 e. The fraction of sp³-hybridized carbons (Fsp3) is 0.412. The number of aromatic amines is 1. The van der Waals surface area contributed by atoms with Crippen molar-refractivity contribution in [3.63, 3.8) is 0 Å². The number of amides is 1. The number of likely N-dealkylation sites (tertiary alicyclic amines) is 1. The van der Waals surface area contributed by atoms with Crippen LogP contribution in [0.2, 0.25) is 0 Å². The average Bonchev–Trinajstić information content (AvgIpc) is 3.31. The first-order valence-corrected chi connectivity index (χ1v) is 8.31. The lowest BCUT2D eigenvalue weighted by atomic mass is 10.2. The predicted octanol–water partition coefficient (Wildman–Crippen LogP) is 2.22. The Morgan fingerprint density at radius 2 is 2.25 bits per heavy atom. The van der Waals surface area contributed by atoms with Crippen molar-refractivity contribution in [3.05, 3.63) is 42.0 Å². The number of para-hydroxylation sites is 1. The van der Waals surface area contributed by atoms with Gasteiger partial charge in [0.05, 0.1) is 18.1 Å². The molecule has 1 atom stereocenters. The van der Waals surface area contributed by atoms with Crippen LogP contribution < -0.4 is 0 Å². The minimum atomic E-state index is 0.0682. The molecule has 1 aliphatic heterocycles. The molecule has 0 unspecified atom stereocenters. The van der Waals surface area contributed by atoms with Crippen LogP contribution in [0.4, 0.5) is 0 Å². The highest BCUT2D eigenvalue weighted by molar-refractivity contribution is 5.77. The average molecular weight is 324 g/mol. The van der Waals surface area contributed by atoms with Crippen LogP contribution in [0, 0.1) is 6.92 Å². The summed E-state index contributed by atoms with van der Waals surface area (Å²) in [6.45, 7) is 3.31. The number of benzene rings is 1. The topological polar surface area (TPSA) is 79.7 Å². The van der Waals surface area contributed by atoms with E-state index in [1.807, 2.05) is 42.3 Å². The third kappa shape index (κ3) is 2.66. The van der Waals surface area contributed by atoms with Crippen LogP contribution in [-0.2, 0) is 11.3 Å². The minimum absolute atomic E-state index is 0.0682. The van der Waals surface area contributed by atoms with Crippen molar-refractivity contribution in [2.24, 2.45) is 0 Å². The van der Waals surface area contributed by atoms with E-state index in [9.17, 15) is 4.79 Å². The highest BCUT2D eigenvalue weighted by atomic mass is 16.2. The molecular weight excluding hydrogens is 304 g/mol. The molecule has 0 saturated carbocycles. The number of rotatable bonds is 4. The number of carbonyl (C=O) groups excluding carboxylic acids is 1. The molecule has 7 nitrogen and oxygen atoms in total. The number of imidazole rings is 1. The molecular formula is C17H20N6O. The van der Waals surface area contributed by atoms with Crippen molar-refractivity contribution in [2.45, 2.75) is 38.8 Å². The van der Waals surface area contributed by atoms with Gasteiger partial charge in [-0.05, 0) is 31.9 Å². The predicted molar refractivity (Wildman–Crippen MR) is 89.2 cm³/mol. The van der Waals surface area contributed by atoms with Crippen LogP contribution in [0.15, 0.2) is 30.5 Å². The Kier molecular flexibility index (Phi) is 3.76. The van der Waals surface area contributed by atoms with E-state index >= 15 is 0 Å². The van der Waals surface area contributed by atoms with Gasteiger partial charge in [0.1, 0.15) is 11.3 Å². The van der Waals surface area contributed by atoms with Crippen LogP contribution in [0.5, 0.6) is 0 Å². The number of hydrogen-bond donors (Lipinski definition) is 1. The number of fused-ring (bicyclic) bond motifs is 1. The zero-order valence-electron chi connectivity index (χ0n) is 13.6. The smallest absolute Gasteiger partial charge is 0.225 e. The van der Waals surface area contributed by atoms with Crippen molar-refractivity contribution < 1.29 is 4.79 Å². The number of aromatic nitrogens is 5. The van der Waals surface area contributed by atoms with Crippen molar-refractivity contribution in [3.8, 4) is 0 Å².